The molecule has 0 aliphatic heterocycles. The van der Waals surface area contributed by atoms with Crippen LogP contribution in [-0.2, 0) is 9.59 Å². The van der Waals surface area contributed by atoms with Gasteiger partial charge in [-0.2, -0.15) is 0 Å². The molecule has 5 N–H and O–H groups in total. The Morgan fingerprint density at radius 1 is 1.42 bits per heavy atom. The summed E-state index contributed by atoms with van der Waals surface area (Å²) >= 11 is 0. The quantitative estimate of drug-likeness (QED) is 0.429. The van der Waals surface area contributed by atoms with Gasteiger partial charge in [0.05, 0.1) is 0 Å². The Morgan fingerprint density at radius 2 is 2.00 bits per heavy atom. The zero-order valence-corrected chi connectivity index (χ0v) is 7.17. The third-order valence-corrected chi connectivity index (χ3v) is 1.48. The van der Waals surface area contributed by atoms with Gasteiger partial charge in [0.2, 0.25) is 11.8 Å². The van der Waals surface area contributed by atoms with E-state index >= 15 is 0 Å². The lowest BCUT2D eigenvalue weighted by atomic mass is 10.2. The van der Waals surface area contributed by atoms with Crippen LogP contribution in [0.1, 0.15) is 13.3 Å². The molecule has 0 saturated carbocycles. The molecule has 70 valence electrons. The first kappa shape index (κ1) is 10.9. The van der Waals surface area contributed by atoms with Crippen molar-refractivity contribution in [2.24, 2.45) is 17.4 Å². The molecule has 2 amide bonds. The minimum atomic E-state index is -0.353. The summed E-state index contributed by atoms with van der Waals surface area (Å²) in [4.78, 5) is 20.8. The summed E-state index contributed by atoms with van der Waals surface area (Å²) in [5.41, 5.74) is 9.91. The number of hydrogen-bond acceptors (Lipinski definition) is 3. The first-order valence-electron chi connectivity index (χ1n) is 3.82. The van der Waals surface area contributed by atoms with Crippen molar-refractivity contribution in [3.05, 3.63) is 0 Å². The van der Waals surface area contributed by atoms with Gasteiger partial charge in [-0.1, -0.05) is 6.92 Å². The lowest BCUT2D eigenvalue weighted by molar-refractivity contribution is -0.121. The first-order chi connectivity index (χ1) is 5.54. The van der Waals surface area contributed by atoms with Crippen LogP contribution in [0.3, 0.4) is 0 Å². The molecule has 1 atom stereocenters. The van der Waals surface area contributed by atoms with Crippen LogP contribution in [0, 0.1) is 5.92 Å². The molecule has 0 heterocycles. The van der Waals surface area contributed by atoms with E-state index in [1.807, 2.05) is 0 Å². The molecule has 12 heavy (non-hydrogen) atoms. The van der Waals surface area contributed by atoms with Crippen LogP contribution in [-0.4, -0.2) is 24.9 Å². The zero-order chi connectivity index (χ0) is 9.56. The highest BCUT2D eigenvalue weighted by Crippen LogP contribution is 1.88. The molecule has 5 heteroatoms. The second kappa shape index (κ2) is 5.54. The summed E-state index contributed by atoms with van der Waals surface area (Å²) in [6.45, 7) is 2.70. The number of primary amides is 2. The van der Waals surface area contributed by atoms with Crippen LogP contribution in [0.25, 0.3) is 0 Å². The van der Waals surface area contributed by atoms with Gasteiger partial charge in [-0.15, -0.1) is 0 Å². The number of carbonyl (C=O) groups is 2. The summed E-state index contributed by atoms with van der Waals surface area (Å²) in [5.74, 6) is -0.909. The van der Waals surface area contributed by atoms with E-state index in [1.165, 1.54) is 0 Å². The second-order valence-corrected chi connectivity index (χ2v) is 2.72. The SMILES string of the molecule is CC(CNCCC(N)=O)C(N)=O. The number of rotatable bonds is 6. The smallest absolute Gasteiger partial charge is 0.221 e. The molecule has 5 nitrogen and oxygen atoms in total. The Bertz CT molecular complexity index is 170. The van der Waals surface area contributed by atoms with Crippen LogP contribution in [0.5, 0.6) is 0 Å². The van der Waals surface area contributed by atoms with Gasteiger partial charge in [0.15, 0.2) is 0 Å². The van der Waals surface area contributed by atoms with E-state index in [2.05, 4.69) is 5.32 Å². The van der Waals surface area contributed by atoms with E-state index in [1.54, 1.807) is 6.92 Å². The lowest BCUT2D eigenvalue weighted by Crippen LogP contribution is -2.32. The third kappa shape index (κ3) is 5.67. The van der Waals surface area contributed by atoms with Crippen LogP contribution in [0.2, 0.25) is 0 Å². The number of nitrogens with one attached hydrogen (secondary N) is 1. The van der Waals surface area contributed by atoms with E-state index in [4.69, 9.17) is 11.5 Å². The lowest BCUT2D eigenvalue weighted by Gasteiger charge is -2.07. The van der Waals surface area contributed by atoms with Crippen molar-refractivity contribution in [2.45, 2.75) is 13.3 Å². The van der Waals surface area contributed by atoms with Crippen LogP contribution >= 0.6 is 0 Å². The first-order valence-corrected chi connectivity index (χ1v) is 3.82. The van der Waals surface area contributed by atoms with Crippen LogP contribution in [0.15, 0.2) is 0 Å². The van der Waals surface area contributed by atoms with Gasteiger partial charge < -0.3 is 16.8 Å². The van der Waals surface area contributed by atoms with Gasteiger partial charge in [0.1, 0.15) is 0 Å². The summed E-state index contributed by atoms with van der Waals surface area (Å²) in [5, 5.41) is 2.90. The molecule has 0 rings (SSSR count). The zero-order valence-electron chi connectivity index (χ0n) is 7.17. The Morgan fingerprint density at radius 3 is 2.42 bits per heavy atom. The van der Waals surface area contributed by atoms with Crippen molar-refractivity contribution in [2.75, 3.05) is 13.1 Å². The van der Waals surface area contributed by atoms with Gasteiger partial charge in [-0.25, -0.2) is 0 Å². The highest BCUT2D eigenvalue weighted by atomic mass is 16.1. The molecular weight excluding hydrogens is 158 g/mol. The fourth-order valence-corrected chi connectivity index (χ4v) is 0.631. The molecule has 0 aromatic rings. The molecule has 0 spiro atoms. The van der Waals surface area contributed by atoms with Crippen molar-refractivity contribution >= 4 is 11.8 Å². The standard InChI is InChI=1S/C7H15N3O2/c1-5(7(9)12)4-10-3-2-6(8)11/h5,10H,2-4H2,1H3,(H2,8,11)(H2,9,12). The molecule has 0 saturated heterocycles. The topological polar surface area (TPSA) is 98.2 Å². The Hall–Kier alpha value is -1.10. The maximum atomic E-state index is 10.5. The average molecular weight is 173 g/mol. The number of carbonyl (C=O) groups excluding carboxylic acids is 2. The summed E-state index contributed by atoms with van der Waals surface area (Å²) in [7, 11) is 0. The average Bonchev–Trinajstić information content (AvgIpc) is 1.97. The molecule has 0 aliphatic rings. The molecule has 0 aliphatic carbocycles. The van der Waals surface area contributed by atoms with Gasteiger partial charge in [-0.3, -0.25) is 9.59 Å². The number of hydrogen-bond donors (Lipinski definition) is 3. The van der Waals surface area contributed by atoms with Crippen molar-refractivity contribution in [1.82, 2.24) is 5.32 Å². The van der Waals surface area contributed by atoms with E-state index in [0.717, 1.165) is 0 Å². The van der Waals surface area contributed by atoms with Crippen LogP contribution < -0.4 is 16.8 Å². The minimum Gasteiger partial charge on any atom is -0.370 e. The van der Waals surface area contributed by atoms with Crippen molar-refractivity contribution in [1.29, 1.82) is 0 Å². The van der Waals surface area contributed by atoms with Crippen molar-refractivity contribution in [3.8, 4) is 0 Å². The highest BCUT2D eigenvalue weighted by molar-refractivity contribution is 5.76. The predicted molar refractivity (Wildman–Crippen MR) is 45.0 cm³/mol. The highest BCUT2D eigenvalue weighted by Gasteiger charge is 2.06. The van der Waals surface area contributed by atoms with Gasteiger partial charge in [0.25, 0.3) is 0 Å². The Balaban J connectivity index is 3.31. The third-order valence-electron chi connectivity index (χ3n) is 1.48. The molecule has 1 unspecified atom stereocenters. The second-order valence-electron chi connectivity index (χ2n) is 2.72. The summed E-state index contributed by atoms with van der Waals surface area (Å²) in [6, 6.07) is 0. The summed E-state index contributed by atoms with van der Waals surface area (Å²) < 4.78 is 0. The van der Waals surface area contributed by atoms with E-state index in [-0.39, 0.29) is 24.2 Å². The normalized spacial score (nSPS) is 12.4. The van der Waals surface area contributed by atoms with E-state index in [0.29, 0.717) is 13.1 Å². The molecule has 0 fully saturated rings. The van der Waals surface area contributed by atoms with Gasteiger partial charge in [0, 0.05) is 25.4 Å². The number of amides is 2. The number of nitrogens with two attached hydrogens (primary N) is 2. The largest absolute Gasteiger partial charge is 0.370 e. The van der Waals surface area contributed by atoms with E-state index in [9.17, 15) is 9.59 Å². The molecular formula is C7H15N3O2. The predicted octanol–water partition coefficient (Wildman–Crippen LogP) is -1.43. The fraction of sp³-hybridized carbons (Fsp3) is 0.714. The fourth-order valence-electron chi connectivity index (χ4n) is 0.631. The van der Waals surface area contributed by atoms with Gasteiger partial charge in [-0.05, 0) is 0 Å². The van der Waals surface area contributed by atoms with Crippen LogP contribution in [0.4, 0.5) is 0 Å². The Labute approximate surface area is 71.5 Å². The van der Waals surface area contributed by atoms with Crippen molar-refractivity contribution in [3.63, 3.8) is 0 Å². The maximum Gasteiger partial charge on any atom is 0.221 e. The molecule has 0 bridgehead atoms. The van der Waals surface area contributed by atoms with Crippen molar-refractivity contribution < 1.29 is 9.59 Å². The maximum absolute atomic E-state index is 10.5. The minimum absolute atomic E-state index is 0.210. The van der Waals surface area contributed by atoms with Gasteiger partial charge >= 0.3 is 0 Å². The molecule has 0 radical (unpaired) electrons. The Kier molecular flexibility index (Phi) is 5.03. The monoisotopic (exact) mass is 173 g/mol. The summed E-state index contributed by atoms with van der Waals surface area (Å²) in [6.07, 6.45) is 0.283. The van der Waals surface area contributed by atoms with E-state index < -0.39 is 0 Å². The molecule has 0 aromatic carbocycles. The molecule has 0 aromatic heterocycles.